The van der Waals surface area contributed by atoms with Crippen LogP contribution >= 0.6 is 27.3 Å². The van der Waals surface area contributed by atoms with E-state index in [4.69, 9.17) is 16.2 Å². The first-order chi connectivity index (χ1) is 20.9. The molecule has 0 spiro atoms. The van der Waals surface area contributed by atoms with Gasteiger partial charge in [-0.2, -0.15) is 4.72 Å². The minimum absolute atomic E-state index is 0.0436. The number of aliphatic hydroxyl groups is 1. The highest BCUT2D eigenvalue weighted by Gasteiger charge is 2.34. The molecular weight excluding hydrogens is 679 g/mol. The smallest absolute Gasteiger partial charge is 0.271 e. The van der Waals surface area contributed by atoms with Crippen LogP contribution in [0.4, 0.5) is 4.39 Å². The molecule has 2 aromatic rings. The molecule has 2 aliphatic rings. The number of amidine groups is 1. The Kier molecular flexibility index (Phi) is 16.1. The number of hydrogen-bond acceptors (Lipinski definition) is 9. The third kappa shape index (κ3) is 12.7. The maximum atomic E-state index is 12.7. The van der Waals surface area contributed by atoms with E-state index in [1.165, 1.54) is 54.7 Å². The molecule has 0 saturated carbocycles. The van der Waals surface area contributed by atoms with E-state index >= 15 is 0 Å². The minimum atomic E-state index is -4.14. The van der Waals surface area contributed by atoms with Gasteiger partial charge in [0.15, 0.2) is 0 Å². The molecule has 16 heteroatoms. The molecule has 1 aromatic carbocycles. The molecular formula is C28H40BrFN6O6S2. The van der Waals surface area contributed by atoms with Gasteiger partial charge >= 0.3 is 0 Å². The molecule has 1 aromatic heterocycles. The Hall–Kier alpha value is -2.76. The first-order valence-electron chi connectivity index (χ1n) is 14.1. The van der Waals surface area contributed by atoms with Crippen molar-refractivity contribution in [3.63, 3.8) is 0 Å². The van der Waals surface area contributed by atoms with Crippen molar-refractivity contribution in [2.45, 2.75) is 58.2 Å². The van der Waals surface area contributed by atoms with Crippen LogP contribution in [0.5, 0.6) is 0 Å². The topological polar surface area (TPSA) is 195 Å². The van der Waals surface area contributed by atoms with E-state index in [2.05, 4.69) is 33.5 Å². The number of amides is 2. The Labute approximate surface area is 269 Å². The summed E-state index contributed by atoms with van der Waals surface area (Å²) < 4.78 is 37.4. The van der Waals surface area contributed by atoms with Gasteiger partial charge in [0.1, 0.15) is 17.7 Å². The summed E-state index contributed by atoms with van der Waals surface area (Å²) in [6.07, 6.45) is 5.29. The molecule has 4 rings (SSSR count). The zero-order chi connectivity index (χ0) is 32.7. The highest BCUT2D eigenvalue weighted by molar-refractivity contribution is 9.10. The second-order valence-corrected chi connectivity index (χ2v) is 13.8. The number of carbonyl (C=O) groups is 3. The average Bonchev–Trinajstić information content (AvgIpc) is 3.71. The maximum absolute atomic E-state index is 12.7. The molecule has 2 amide bonds. The molecule has 2 fully saturated rings. The van der Waals surface area contributed by atoms with E-state index in [-0.39, 0.29) is 36.3 Å². The normalized spacial score (nSPS) is 17.9. The van der Waals surface area contributed by atoms with Crippen LogP contribution in [0.15, 0.2) is 34.8 Å². The number of benzene rings is 1. The average molecular weight is 720 g/mol. The van der Waals surface area contributed by atoms with Gasteiger partial charge in [0, 0.05) is 21.5 Å². The SMILES string of the molecule is CCC1CCCNC1.N=C(N)c1ccc(CNC(=O)C2CCCN2C(=O)CNS(=O)(=O)C=O)s1.OCc1ccc(Br)cc1F. The molecule has 2 aliphatic heterocycles. The number of rotatable bonds is 10. The van der Waals surface area contributed by atoms with Crippen LogP contribution in [0, 0.1) is 17.1 Å². The number of nitrogens with zero attached hydrogens (tertiary/aromatic N) is 1. The molecule has 2 saturated heterocycles. The number of carbonyl (C=O) groups excluding carboxylic acids is 3. The lowest BCUT2D eigenvalue weighted by Gasteiger charge is -2.23. The van der Waals surface area contributed by atoms with Gasteiger partial charge in [-0.3, -0.25) is 19.8 Å². The summed E-state index contributed by atoms with van der Waals surface area (Å²) in [4.78, 5) is 37.6. The summed E-state index contributed by atoms with van der Waals surface area (Å²) in [6, 6.07) is 7.32. The molecule has 0 radical (unpaired) electrons. The summed E-state index contributed by atoms with van der Waals surface area (Å²) in [7, 11) is -4.14. The van der Waals surface area contributed by atoms with Crippen LogP contribution in [-0.4, -0.2) is 73.9 Å². The fourth-order valence-electron chi connectivity index (χ4n) is 4.47. The fourth-order valence-corrected chi connectivity index (χ4v) is 6.00. The van der Waals surface area contributed by atoms with Crippen molar-refractivity contribution in [2.24, 2.45) is 11.7 Å². The van der Waals surface area contributed by atoms with E-state index in [1.807, 2.05) is 4.72 Å². The monoisotopic (exact) mass is 718 g/mol. The van der Waals surface area contributed by atoms with Crippen LogP contribution in [-0.2, 0) is 37.6 Å². The third-order valence-electron chi connectivity index (χ3n) is 6.95. The van der Waals surface area contributed by atoms with Crippen molar-refractivity contribution >= 4 is 60.6 Å². The highest BCUT2D eigenvalue weighted by atomic mass is 79.9. The van der Waals surface area contributed by atoms with Gasteiger partial charge in [0.25, 0.3) is 10.0 Å². The van der Waals surface area contributed by atoms with Gasteiger partial charge in [0.2, 0.25) is 17.4 Å². The zero-order valence-electron chi connectivity index (χ0n) is 24.5. The Bertz CT molecular complexity index is 1370. The van der Waals surface area contributed by atoms with Crippen molar-refractivity contribution in [1.29, 1.82) is 5.41 Å². The highest BCUT2D eigenvalue weighted by Crippen LogP contribution is 2.19. The van der Waals surface area contributed by atoms with Crippen molar-refractivity contribution in [3.05, 3.63) is 55.9 Å². The van der Waals surface area contributed by atoms with E-state index < -0.39 is 28.5 Å². The minimum Gasteiger partial charge on any atom is -0.392 e. The predicted octanol–water partition coefficient (Wildman–Crippen LogP) is 2.23. The Morgan fingerprint density at radius 1 is 1.27 bits per heavy atom. The number of nitrogens with two attached hydrogens (primary N) is 1. The molecule has 244 valence electrons. The molecule has 2 unspecified atom stereocenters. The van der Waals surface area contributed by atoms with Gasteiger partial charge in [-0.05, 0) is 69.0 Å². The van der Waals surface area contributed by atoms with Crippen molar-refractivity contribution in [3.8, 4) is 0 Å². The van der Waals surface area contributed by atoms with Crippen molar-refractivity contribution in [1.82, 2.24) is 20.3 Å². The molecule has 0 bridgehead atoms. The van der Waals surface area contributed by atoms with E-state index in [1.54, 1.807) is 24.3 Å². The summed E-state index contributed by atoms with van der Waals surface area (Å²) in [5.41, 5.74) is 5.44. The molecule has 0 aliphatic carbocycles. The number of thiophene rings is 1. The van der Waals surface area contributed by atoms with Gasteiger partial charge in [0.05, 0.1) is 24.6 Å². The summed E-state index contributed by atoms with van der Waals surface area (Å²) in [6.45, 7) is 4.54. The number of hydrogen-bond donors (Lipinski definition) is 6. The molecule has 7 N–H and O–H groups in total. The number of nitrogens with one attached hydrogen (secondary N) is 4. The molecule has 12 nitrogen and oxygen atoms in total. The van der Waals surface area contributed by atoms with Crippen molar-refractivity contribution < 1.29 is 32.3 Å². The maximum Gasteiger partial charge on any atom is 0.271 e. The van der Waals surface area contributed by atoms with Crippen LogP contribution < -0.4 is 21.1 Å². The van der Waals surface area contributed by atoms with E-state index in [0.29, 0.717) is 34.3 Å². The lowest BCUT2D eigenvalue weighted by molar-refractivity contribution is -0.137. The first kappa shape index (κ1) is 37.4. The lowest BCUT2D eigenvalue weighted by atomic mass is 9.97. The Morgan fingerprint density at radius 3 is 2.57 bits per heavy atom. The number of piperidine rings is 1. The number of aliphatic hydroxyl groups excluding tert-OH is 1. The van der Waals surface area contributed by atoms with Crippen LogP contribution in [0.3, 0.4) is 0 Å². The number of likely N-dealkylation sites (tertiary alicyclic amines) is 1. The molecule has 2 atom stereocenters. The number of halogens is 2. The van der Waals surface area contributed by atoms with Crippen LogP contribution in [0.1, 0.15) is 54.3 Å². The Balaban J connectivity index is 0.000000302. The third-order valence-corrected chi connectivity index (χ3v) is 9.36. The van der Waals surface area contributed by atoms with Crippen molar-refractivity contribution in [2.75, 3.05) is 26.2 Å². The quantitative estimate of drug-likeness (QED) is 0.122. The zero-order valence-corrected chi connectivity index (χ0v) is 27.7. The second-order valence-electron chi connectivity index (χ2n) is 10.1. The Morgan fingerprint density at radius 2 is 2.02 bits per heavy atom. The molecule has 3 heterocycles. The summed E-state index contributed by atoms with van der Waals surface area (Å²) >= 11 is 4.40. The van der Waals surface area contributed by atoms with Gasteiger partial charge in [-0.15, -0.1) is 11.3 Å². The van der Waals surface area contributed by atoms with Crippen LogP contribution in [0.2, 0.25) is 0 Å². The van der Waals surface area contributed by atoms with Gasteiger partial charge in [-0.1, -0.05) is 35.3 Å². The summed E-state index contributed by atoms with van der Waals surface area (Å²) in [5, 5.41) is 22.0. The molecule has 44 heavy (non-hydrogen) atoms. The standard InChI is InChI=1S/C14H19N5O5S2.C7H6BrFO.C7H15N/c15-13(16)11-4-3-9(25-11)6-17-14(22)10-2-1-5-19(10)12(21)7-18-26(23,24)8-20;8-6-2-1-5(4-10)7(9)3-6;1-2-7-4-3-5-8-6-7/h3-4,8,10,18H,1-2,5-7H2,(H3,15,16)(H,17,22);1-3,10H,4H2;7-8H,2-6H2,1H3. The van der Waals surface area contributed by atoms with Gasteiger partial charge in [-0.25, -0.2) is 12.8 Å². The largest absolute Gasteiger partial charge is 0.392 e. The fraction of sp³-hybridized carbons (Fsp3) is 0.500. The number of nitrogen functional groups attached to an aromatic ring is 1. The predicted molar refractivity (Wildman–Crippen MR) is 171 cm³/mol. The van der Waals surface area contributed by atoms with E-state index in [9.17, 15) is 27.2 Å². The van der Waals surface area contributed by atoms with Crippen LogP contribution in [0.25, 0.3) is 0 Å². The first-order valence-corrected chi connectivity index (χ1v) is 17.3. The number of sulfonamides is 1. The lowest BCUT2D eigenvalue weighted by Crippen LogP contribution is -2.48. The van der Waals surface area contributed by atoms with Gasteiger partial charge < -0.3 is 26.4 Å². The van der Waals surface area contributed by atoms with E-state index in [0.717, 1.165) is 10.8 Å². The summed E-state index contributed by atoms with van der Waals surface area (Å²) in [5.74, 6) is -0.353. The second kappa shape index (κ2) is 18.9.